The van der Waals surface area contributed by atoms with Crippen molar-refractivity contribution in [1.82, 2.24) is 10.2 Å². The molecule has 1 fully saturated rings. The molecule has 0 radical (unpaired) electrons. The Morgan fingerprint density at radius 2 is 1.77 bits per heavy atom. The average molecular weight is 505 g/mol. The molecule has 1 saturated heterocycles. The normalized spacial score (nSPS) is 13.5. The molecule has 3 rings (SSSR count). The Bertz CT molecular complexity index is 960. The van der Waals surface area contributed by atoms with Gasteiger partial charge in [0.1, 0.15) is 5.75 Å². The first kappa shape index (κ1) is 23.0. The summed E-state index contributed by atoms with van der Waals surface area (Å²) in [6.45, 7) is 4.98. The number of ether oxygens (including phenoxy) is 1. The number of nitrogens with one attached hydrogen (secondary N) is 2. The number of benzene rings is 2. The van der Waals surface area contributed by atoms with Crippen LogP contribution in [0.4, 0.5) is 11.4 Å². The molecule has 2 aromatic rings. The highest BCUT2D eigenvalue weighted by molar-refractivity contribution is 9.10. The highest BCUT2D eigenvalue weighted by atomic mass is 79.9. The molecule has 0 aliphatic carbocycles. The van der Waals surface area contributed by atoms with E-state index in [2.05, 4.69) is 31.5 Å². The second-order valence-electron chi connectivity index (χ2n) is 7.02. The van der Waals surface area contributed by atoms with Crippen LogP contribution in [0.15, 0.2) is 46.9 Å². The van der Waals surface area contributed by atoms with Crippen molar-refractivity contribution in [2.75, 3.05) is 43.5 Å². The summed E-state index contributed by atoms with van der Waals surface area (Å²) in [7, 11) is 1.51. The van der Waals surface area contributed by atoms with Crippen LogP contribution in [0.25, 0.3) is 0 Å². The third-order valence-electron chi connectivity index (χ3n) is 5.06. The van der Waals surface area contributed by atoms with Gasteiger partial charge in [-0.1, -0.05) is 22.9 Å². The Hall–Kier alpha value is -2.65. The lowest BCUT2D eigenvalue weighted by Crippen LogP contribution is -2.48. The van der Waals surface area contributed by atoms with E-state index in [1.165, 1.54) is 7.11 Å². The molecule has 0 bridgehead atoms. The van der Waals surface area contributed by atoms with Crippen LogP contribution >= 0.6 is 28.1 Å². The molecule has 1 aliphatic rings. The van der Waals surface area contributed by atoms with Crippen LogP contribution < -0.4 is 20.3 Å². The zero-order valence-corrected chi connectivity index (χ0v) is 19.9. The minimum absolute atomic E-state index is 0.200. The summed E-state index contributed by atoms with van der Waals surface area (Å²) in [5, 5.41) is 5.91. The third-order valence-corrected chi connectivity index (χ3v) is 5.76. The van der Waals surface area contributed by atoms with E-state index in [4.69, 9.17) is 17.0 Å². The van der Waals surface area contributed by atoms with E-state index < -0.39 is 0 Å². The van der Waals surface area contributed by atoms with Crippen molar-refractivity contribution in [2.45, 2.75) is 13.3 Å². The van der Waals surface area contributed by atoms with Crippen molar-refractivity contribution in [1.29, 1.82) is 0 Å². The van der Waals surface area contributed by atoms with Gasteiger partial charge in [-0.3, -0.25) is 14.9 Å². The molecule has 2 N–H and O–H groups in total. The number of anilines is 2. The number of piperazine rings is 1. The number of amides is 2. The Labute approximate surface area is 195 Å². The number of hydrogen-bond acceptors (Lipinski definition) is 5. The van der Waals surface area contributed by atoms with Gasteiger partial charge in [0.25, 0.3) is 5.91 Å². The lowest BCUT2D eigenvalue weighted by atomic mass is 10.2. The summed E-state index contributed by atoms with van der Waals surface area (Å²) in [4.78, 5) is 28.5. The molecule has 1 heterocycles. The van der Waals surface area contributed by atoms with Crippen LogP contribution in [0.2, 0.25) is 0 Å². The number of methoxy groups -OCH3 is 1. The molecule has 7 nitrogen and oxygen atoms in total. The maximum absolute atomic E-state index is 12.6. The number of hydrogen-bond donors (Lipinski definition) is 2. The summed E-state index contributed by atoms with van der Waals surface area (Å²) in [6, 6.07) is 13.0. The highest BCUT2D eigenvalue weighted by Gasteiger charge is 2.20. The quantitative estimate of drug-likeness (QED) is 0.605. The first-order valence-corrected chi connectivity index (χ1v) is 11.2. The van der Waals surface area contributed by atoms with Crippen LogP contribution in [-0.4, -0.2) is 55.1 Å². The van der Waals surface area contributed by atoms with Crippen molar-refractivity contribution < 1.29 is 14.3 Å². The lowest BCUT2D eigenvalue weighted by Gasteiger charge is -2.36. The van der Waals surface area contributed by atoms with E-state index in [1.54, 1.807) is 18.2 Å². The fourth-order valence-electron chi connectivity index (χ4n) is 3.38. The lowest BCUT2D eigenvalue weighted by molar-refractivity contribution is -0.131. The maximum Gasteiger partial charge on any atom is 0.261 e. The van der Waals surface area contributed by atoms with Gasteiger partial charge in [0.15, 0.2) is 5.11 Å². The third kappa shape index (κ3) is 5.95. The van der Waals surface area contributed by atoms with Crippen molar-refractivity contribution in [2.24, 2.45) is 0 Å². The Morgan fingerprint density at radius 1 is 1.10 bits per heavy atom. The molecule has 0 atom stereocenters. The van der Waals surface area contributed by atoms with Gasteiger partial charge in [-0.25, -0.2) is 0 Å². The zero-order valence-electron chi connectivity index (χ0n) is 17.5. The monoisotopic (exact) mass is 504 g/mol. The largest absolute Gasteiger partial charge is 0.496 e. The molecule has 9 heteroatoms. The van der Waals surface area contributed by atoms with Gasteiger partial charge in [-0.2, -0.15) is 0 Å². The Balaban J connectivity index is 1.55. The fourth-order valence-corrected chi connectivity index (χ4v) is 3.96. The highest BCUT2D eigenvalue weighted by Crippen LogP contribution is 2.23. The second kappa shape index (κ2) is 10.6. The molecule has 2 aromatic carbocycles. The fraction of sp³-hybridized carbons (Fsp3) is 0.318. The van der Waals surface area contributed by atoms with E-state index in [1.807, 2.05) is 36.1 Å². The molecule has 0 saturated carbocycles. The van der Waals surface area contributed by atoms with Gasteiger partial charge < -0.3 is 19.9 Å². The molecule has 0 aromatic heterocycles. The number of nitrogens with zero attached hydrogens (tertiary/aromatic N) is 2. The second-order valence-corrected chi connectivity index (χ2v) is 8.35. The first-order chi connectivity index (χ1) is 14.9. The Kier molecular flexibility index (Phi) is 7.86. The smallest absolute Gasteiger partial charge is 0.261 e. The van der Waals surface area contributed by atoms with E-state index in [0.29, 0.717) is 17.7 Å². The number of rotatable bonds is 5. The first-order valence-electron chi connectivity index (χ1n) is 10.00. The standard InChI is InChI=1S/C22H25BrN4O3S/c1-3-20(28)27-12-10-26(11-13-27)17-7-5-16(6-8-17)24-22(31)25-21(29)18-14-15(23)4-9-19(18)30-2/h4-9,14H,3,10-13H2,1-2H3,(H2,24,25,29,31). The van der Waals surface area contributed by atoms with Crippen molar-refractivity contribution in [3.8, 4) is 5.75 Å². The molecule has 164 valence electrons. The van der Waals surface area contributed by atoms with Crippen LogP contribution in [0.5, 0.6) is 5.75 Å². The molecular formula is C22H25BrN4O3S. The number of halogens is 1. The van der Waals surface area contributed by atoms with Crippen LogP contribution in [0, 0.1) is 0 Å². The molecule has 2 amide bonds. The van der Waals surface area contributed by atoms with Gasteiger partial charge in [-0.15, -0.1) is 0 Å². The van der Waals surface area contributed by atoms with Crippen LogP contribution in [0.1, 0.15) is 23.7 Å². The minimum Gasteiger partial charge on any atom is -0.496 e. The van der Waals surface area contributed by atoms with E-state index in [-0.39, 0.29) is 16.9 Å². The van der Waals surface area contributed by atoms with E-state index in [0.717, 1.165) is 42.0 Å². The molecule has 0 spiro atoms. The summed E-state index contributed by atoms with van der Waals surface area (Å²) in [5.74, 6) is 0.315. The van der Waals surface area contributed by atoms with Crippen LogP contribution in [-0.2, 0) is 4.79 Å². The molecule has 1 aliphatic heterocycles. The predicted molar refractivity (Wildman–Crippen MR) is 130 cm³/mol. The summed E-state index contributed by atoms with van der Waals surface area (Å²) >= 11 is 8.65. The summed E-state index contributed by atoms with van der Waals surface area (Å²) in [5.41, 5.74) is 2.25. The summed E-state index contributed by atoms with van der Waals surface area (Å²) in [6.07, 6.45) is 0.547. The SMILES string of the molecule is CCC(=O)N1CCN(c2ccc(NC(=S)NC(=O)c3cc(Br)ccc3OC)cc2)CC1. The van der Waals surface area contributed by atoms with Gasteiger partial charge >= 0.3 is 0 Å². The topological polar surface area (TPSA) is 73.9 Å². The van der Waals surface area contributed by atoms with Crippen molar-refractivity contribution >= 4 is 56.4 Å². The van der Waals surface area contributed by atoms with Crippen LogP contribution in [0.3, 0.4) is 0 Å². The van der Waals surface area contributed by atoms with Gasteiger partial charge in [-0.05, 0) is 54.7 Å². The van der Waals surface area contributed by atoms with Crippen molar-refractivity contribution in [3.05, 3.63) is 52.5 Å². The number of carbonyl (C=O) groups excluding carboxylic acids is 2. The molecule has 31 heavy (non-hydrogen) atoms. The van der Waals surface area contributed by atoms with E-state index >= 15 is 0 Å². The molecular weight excluding hydrogens is 480 g/mol. The van der Waals surface area contributed by atoms with Gasteiger partial charge in [0.05, 0.1) is 12.7 Å². The van der Waals surface area contributed by atoms with Gasteiger partial charge in [0, 0.05) is 48.4 Å². The summed E-state index contributed by atoms with van der Waals surface area (Å²) < 4.78 is 6.02. The molecule has 0 unspecified atom stereocenters. The van der Waals surface area contributed by atoms with Gasteiger partial charge in [0.2, 0.25) is 5.91 Å². The Morgan fingerprint density at radius 3 is 2.39 bits per heavy atom. The zero-order chi connectivity index (χ0) is 22.4. The average Bonchev–Trinajstić information content (AvgIpc) is 2.79. The maximum atomic E-state index is 12.6. The number of carbonyl (C=O) groups is 2. The number of thiocarbonyl (C=S) groups is 1. The van der Waals surface area contributed by atoms with Crippen molar-refractivity contribution in [3.63, 3.8) is 0 Å². The van der Waals surface area contributed by atoms with E-state index in [9.17, 15) is 9.59 Å². The predicted octanol–water partition coefficient (Wildman–Crippen LogP) is 3.64. The minimum atomic E-state index is -0.355.